The molecule has 17 heteroatoms. The van der Waals surface area contributed by atoms with Crippen LogP contribution in [0.5, 0.6) is 11.5 Å². The number of allylic oxidation sites excluding steroid dienone is 4. The maximum Gasteiger partial charge on any atom is 0.337 e. The van der Waals surface area contributed by atoms with E-state index >= 15 is 0 Å². The van der Waals surface area contributed by atoms with Crippen molar-refractivity contribution in [2.75, 3.05) is 19.0 Å². The molecule has 8 aromatic rings. The molecule has 0 fully saturated rings. The molecule has 0 aromatic heterocycles. The first-order chi connectivity index (χ1) is 35.3. The quantitative estimate of drug-likeness (QED) is 0.0253. The van der Waals surface area contributed by atoms with Crippen LogP contribution in [0, 0.1) is 10.8 Å². The normalized spacial score (nSPS) is 14.3. The molecule has 15 nitrogen and oxygen atoms in total. The summed E-state index contributed by atoms with van der Waals surface area (Å²) in [6.07, 6.45) is 6.45. The lowest BCUT2D eigenvalue weighted by Crippen LogP contribution is -2.40. The lowest BCUT2D eigenvalue weighted by atomic mass is 9.55. The maximum atomic E-state index is 12.7. The molecule has 382 valence electrons. The molecular formula is C58H53N5O10S2. The first-order valence-corrected chi connectivity index (χ1v) is 26.3. The highest BCUT2D eigenvalue weighted by Gasteiger charge is 2.49. The summed E-state index contributed by atoms with van der Waals surface area (Å²) >= 11 is 0. The van der Waals surface area contributed by atoms with Gasteiger partial charge in [-0.2, -0.15) is 16.8 Å². The number of nitrogens with zero attached hydrogens (tertiary/aromatic N) is 5. The second-order valence-electron chi connectivity index (χ2n) is 19.4. The van der Waals surface area contributed by atoms with Crippen molar-refractivity contribution in [3.05, 3.63) is 215 Å². The summed E-state index contributed by atoms with van der Waals surface area (Å²) in [5.41, 5.74) is 14.4. The summed E-state index contributed by atoms with van der Waals surface area (Å²) in [4.78, 5) is 12.1. The molecule has 0 atom stereocenters. The van der Waals surface area contributed by atoms with E-state index in [-0.39, 0.29) is 39.2 Å². The number of carboxylic acid groups (broad SMARTS) is 1. The third kappa shape index (κ3) is 10.6. The zero-order valence-electron chi connectivity index (χ0n) is 41.7. The Balaban J connectivity index is 0.000000313. The molecule has 1 aliphatic rings. The number of azo groups is 1. The fraction of sp³-hybridized carbons (Fsp3) is 0.155. The van der Waals surface area contributed by atoms with Gasteiger partial charge in [-0.3, -0.25) is 9.11 Å². The monoisotopic (exact) mass is 1040 g/mol. The fourth-order valence-electron chi connectivity index (χ4n) is 9.63. The first-order valence-electron chi connectivity index (χ1n) is 23.4. The van der Waals surface area contributed by atoms with Crippen LogP contribution in [-0.2, 0) is 25.7 Å². The largest absolute Gasteiger partial charge is 0.508 e. The third-order valence-corrected chi connectivity index (χ3v) is 14.8. The Morgan fingerprint density at radius 1 is 0.613 bits per heavy atom. The molecule has 0 radical (unpaired) electrons. The van der Waals surface area contributed by atoms with Gasteiger partial charge in [-0.15, -0.1) is 10.2 Å². The van der Waals surface area contributed by atoms with Crippen molar-refractivity contribution < 1.29 is 46.1 Å². The van der Waals surface area contributed by atoms with E-state index in [2.05, 4.69) is 56.2 Å². The summed E-state index contributed by atoms with van der Waals surface area (Å²) < 4.78 is 70.3. The molecule has 0 bridgehead atoms. The maximum absolute atomic E-state index is 12.7. The van der Waals surface area contributed by atoms with E-state index in [1.54, 1.807) is 18.2 Å². The second-order valence-corrected chi connectivity index (χ2v) is 22.3. The number of para-hydroxylation sites is 1. The number of hydrogen-bond donors (Lipinski definition) is 5. The summed E-state index contributed by atoms with van der Waals surface area (Å²) in [6.45, 7) is 8.32. The van der Waals surface area contributed by atoms with Crippen molar-refractivity contribution in [2.45, 2.75) is 42.9 Å². The number of fused-ring (bicyclic) bond motifs is 2. The molecular weight excluding hydrogens is 991 g/mol. The summed E-state index contributed by atoms with van der Waals surface area (Å²) in [6, 6.07) is 44.5. The van der Waals surface area contributed by atoms with Crippen LogP contribution in [0.25, 0.3) is 27.1 Å². The topological polar surface area (TPSA) is 240 Å². The smallest absolute Gasteiger partial charge is 0.337 e. The van der Waals surface area contributed by atoms with Crippen molar-refractivity contribution in [3.63, 3.8) is 0 Å². The van der Waals surface area contributed by atoms with Crippen LogP contribution in [0.1, 0.15) is 54.7 Å². The molecule has 5 N–H and O–H groups in total. The minimum absolute atomic E-state index is 0.0770. The molecule has 0 saturated carbocycles. The van der Waals surface area contributed by atoms with Crippen molar-refractivity contribution >= 4 is 76.2 Å². The fourth-order valence-corrected chi connectivity index (χ4v) is 10.6. The molecule has 0 spiro atoms. The summed E-state index contributed by atoms with van der Waals surface area (Å²) in [5.74, 6) is -1.61. The molecule has 0 heterocycles. The Morgan fingerprint density at radius 3 is 1.72 bits per heavy atom. The number of phenols is 2. The highest BCUT2D eigenvalue weighted by molar-refractivity contribution is 7.86. The summed E-state index contributed by atoms with van der Waals surface area (Å²) in [5, 5.41) is 41.4. The minimum atomic E-state index is -4.80. The standard InChI is InChI=1S/C43H38N2O8S2.C15H15N3O2/c1-41(2)19-20-42(3,4)39(26-41)43(28-11-7-5-8-12-28,29-13-9-6-10-14-29)40-33-18-17-32(55(51,52)53)24-35(33)37(25-38(40)47)45(44)36-22-30(46)21-27-15-16-31(23-34(27)36)54(48,49)50;1-18(2)14-10-6-5-9-13(14)17-16-12-8-4-3-7-11(12)15(19)20/h5-26,46-47H,1-4H3,(H,48,49,50)(H,51,52,53);3-10H,1-2H3,(H,19,20). The van der Waals surface area contributed by atoms with Crippen molar-refractivity contribution in [3.8, 4) is 11.5 Å². The van der Waals surface area contributed by atoms with Gasteiger partial charge in [0.05, 0.1) is 49.4 Å². The predicted molar refractivity (Wildman–Crippen MR) is 292 cm³/mol. The Labute approximate surface area is 434 Å². The van der Waals surface area contributed by atoms with Crippen molar-refractivity contribution in [2.24, 2.45) is 21.1 Å². The van der Waals surface area contributed by atoms with Crippen LogP contribution in [0.4, 0.5) is 28.4 Å². The van der Waals surface area contributed by atoms with Gasteiger partial charge >= 0.3 is 5.97 Å². The van der Waals surface area contributed by atoms with Crippen LogP contribution < -0.4 is 9.60 Å². The van der Waals surface area contributed by atoms with Crippen LogP contribution in [0.2, 0.25) is 0 Å². The van der Waals surface area contributed by atoms with E-state index in [0.29, 0.717) is 32.4 Å². The number of phenolic OH excluding ortho intramolecular Hbond substituents is 2. The Kier molecular flexibility index (Phi) is 14.2. The molecule has 0 amide bonds. The highest BCUT2D eigenvalue weighted by atomic mass is 32.2. The Hall–Kier alpha value is -8.35. The van der Waals surface area contributed by atoms with Crippen LogP contribution in [0.15, 0.2) is 208 Å². The van der Waals surface area contributed by atoms with Gasteiger partial charge in [0.15, 0.2) is 0 Å². The lowest BCUT2D eigenvalue weighted by molar-refractivity contribution is 0.0697. The lowest BCUT2D eigenvalue weighted by Gasteiger charge is -2.47. The molecule has 0 saturated heterocycles. The Morgan fingerprint density at radius 2 is 1.13 bits per heavy atom. The molecule has 8 aromatic carbocycles. The zero-order valence-corrected chi connectivity index (χ0v) is 43.3. The van der Waals surface area contributed by atoms with Gasteiger partial charge < -0.3 is 25.8 Å². The van der Waals surface area contributed by atoms with Gasteiger partial charge in [0.2, 0.25) is 11.4 Å². The number of benzene rings is 8. The van der Waals surface area contributed by atoms with Crippen molar-refractivity contribution in [1.29, 1.82) is 0 Å². The zero-order chi connectivity index (χ0) is 54.3. The van der Waals surface area contributed by atoms with Crippen molar-refractivity contribution in [1.82, 2.24) is 4.70 Å². The van der Waals surface area contributed by atoms with E-state index in [9.17, 15) is 46.5 Å². The average Bonchev–Trinajstić information content (AvgIpc) is 3.41. The van der Waals surface area contributed by atoms with Gasteiger partial charge in [-0.25, -0.2) is 9.49 Å². The van der Waals surface area contributed by atoms with Crippen LogP contribution in [-0.4, -0.2) is 61.3 Å². The van der Waals surface area contributed by atoms with E-state index in [4.69, 9.17) is 5.11 Å². The Bertz CT molecular complexity index is 3850. The summed E-state index contributed by atoms with van der Waals surface area (Å²) in [7, 11) is -5.65. The van der Waals surface area contributed by atoms with Gasteiger partial charge in [-0.1, -0.05) is 143 Å². The SMILES string of the molecule is CC1(C)C=CC(C)(C)C(C(c2ccccc2)(c2ccccc2)c2c(O)cc([N+](=[N-])c3cc(O)cc4ccc(S(=O)(=O)O)cc34)c3cc(S(=O)(=O)O)ccc23)=C1.CN(C)c1ccccc1N=Nc1ccccc1C(=O)O. The molecule has 0 aliphatic heterocycles. The number of aromatic carboxylic acids is 1. The van der Waals surface area contributed by atoms with Gasteiger partial charge in [0.25, 0.3) is 20.2 Å². The molecule has 1 aliphatic carbocycles. The number of carboxylic acids is 1. The second kappa shape index (κ2) is 20.2. The van der Waals surface area contributed by atoms with Gasteiger partial charge in [0.1, 0.15) is 22.9 Å². The highest BCUT2D eigenvalue weighted by Crippen LogP contribution is 2.59. The van der Waals surface area contributed by atoms with E-state index in [1.807, 2.05) is 104 Å². The number of carbonyl (C=O) groups is 1. The number of hydrogen-bond acceptors (Lipinski definition) is 10. The third-order valence-electron chi connectivity index (χ3n) is 13.1. The van der Waals surface area contributed by atoms with Gasteiger partial charge in [0, 0.05) is 30.5 Å². The first kappa shape index (κ1) is 53.0. The minimum Gasteiger partial charge on any atom is -0.508 e. The number of aromatic hydroxyl groups is 2. The van der Waals surface area contributed by atoms with E-state index < -0.39 is 52.2 Å². The molecule has 75 heavy (non-hydrogen) atoms. The number of anilines is 1. The van der Waals surface area contributed by atoms with E-state index in [1.165, 1.54) is 42.5 Å². The number of rotatable bonds is 12. The van der Waals surface area contributed by atoms with Crippen LogP contribution >= 0.6 is 0 Å². The predicted octanol–water partition coefficient (Wildman–Crippen LogP) is 13.5. The van der Waals surface area contributed by atoms with Gasteiger partial charge in [-0.05, 0) is 82.1 Å². The van der Waals surface area contributed by atoms with E-state index in [0.717, 1.165) is 40.6 Å². The van der Waals surface area contributed by atoms with Crippen LogP contribution in [0.3, 0.4) is 0 Å². The molecule has 0 unspecified atom stereocenters. The average molecular weight is 1040 g/mol. The molecule has 9 rings (SSSR count).